The van der Waals surface area contributed by atoms with Crippen molar-refractivity contribution < 1.29 is 0 Å². The Hall–Kier alpha value is 0.350. The van der Waals surface area contributed by atoms with Crippen molar-refractivity contribution in [2.24, 2.45) is 17.3 Å². The molecular weight excluding hydrogens is 164 g/mol. The van der Waals surface area contributed by atoms with Gasteiger partial charge in [-0.2, -0.15) is 12.6 Å². The molecule has 0 N–H and O–H groups in total. The summed E-state index contributed by atoms with van der Waals surface area (Å²) in [6, 6.07) is 0. The van der Waals surface area contributed by atoms with Gasteiger partial charge in [0, 0.05) is 4.75 Å². The van der Waals surface area contributed by atoms with E-state index in [1.807, 2.05) is 0 Å². The molecule has 0 heterocycles. The largest absolute Gasteiger partial charge is 0.172 e. The van der Waals surface area contributed by atoms with Gasteiger partial charge in [0.1, 0.15) is 0 Å². The first kappa shape index (κ1) is 10.4. The molecule has 1 rings (SSSR count). The van der Waals surface area contributed by atoms with E-state index < -0.39 is 0 Å². The number of thiol groups is 1. The van der Waals surface area contributed by atoms with Gasteiger partial charge >= 0.3 is 0 Å². The first-order valence-corrected chi connectivity index (χ1v) is 5.45. The van der Waals surface area contributed by atoms with Crippen LogP contribution in [0.5, 0.6) is 0 Å². The van der Waals surface area contributed by atoms with Crippen molar-refractivity contribution in [2.75, 3.05) is 0 Å². The molecule has 12 heavy (non-hydrogen) atoms. The lowest BCUT2D eigenvalue weighted by Crippen LogP contribution is -2.49. The highest BCUT2D eigenvalue weighted by atomic mass is 32.1. The quantitative estimate of drug-likeness (QED) is 0.624. The molecule has 2 atom stereocenters. The molecule has 0 bridgehead atoms. The van der Waals surface area contributed by atoms with E-state index in [2.05, 4.69) is 34.6 Å². The highest BCUT2D eigenvalue weighted by Crippen LogP contribution is 2.54. The van der Waals surface area contributed by atoms with Gasteiger partial charge < -0.3 is 0 Å². The average Bonchev–Trinajstić information content (AvgIpc) is 1.84. The third-order valence-electron chi connectivity index (χ3n) is 4.08. The first-order chi connectivity index (χ1) is 5.28. The van der Waals surface area contributed by atoms with Crippen molar-refractivity contribution in [1.29, 1.82) is 0 Å². The van der Waals surface area contributed by atoms with Crippen LogP contribution in [0.3, 0.4) is 0 Å². The molecule has 72 valence electrons. The monoisotopic (exact) mass is 186 g/mol. The van der Waals surface area contributed by atoms with Crippen LogP contribution in [0.15, 0.2) is 0 Å². The molecule has 0 amide bonds. The normalized spacial score (nSPS) is 36.8. The maximum absolute atomic E-state index is 4.72. The van der Waals surface area contributed by atoms with Gasteiger partial charge in [-0.15, -0.1) is 0 Å². The molecule has 2 unspecified atom stereocenters. The molecule has 0 aromatic heterocycles. The van der Waals surface area contributed by atoms with E-state index in [1.54, 1.807) is 0 Å². The minimum Gasteiger partial charge on any atom is -0.172 e. The Morgan fingerprint density at radius 1 is 1.42 bits per heavy atom. The molecule has 1 saturated carbocycles. The first-order valence-electron chi connectivity index (χ1n) is 5.01. The van der Waals surface area contributed by atoms with Crippen LogP contribution in [0.25, 0.3) is 0 Å². The van der Waals surface area contributed by atoms with Gasteiger partial charge in [-0.05, 0) is 30.1 Å². The fraction of sp³-hybridized carbons (Fsp3) is 1.00. The summed E-state index contributed by atoms with van der Waals surface area (Å²) in [5.74, 6) is 1.56. The van der Waals surface area contributed by atoms with Crippen LogP contribution in [0, 0.1) is 17.3 Å². The van der Waals surface area contributed by atoms with Crippen LogP contribution in [0.4, 0.5) is 0 Å². The zero-order valence-corrected chi connectivity index (χ0v) is 9.91. The van der Waals surface area contributed by atoms with Gasteiger partial charge in [-0.25, -0.2) is 0 Å². The lowest BCUT2D eigenvalue weighted by molar-refractivity contribution is 0.0397. The van der Waals surface area contributed by atoms with E-state index in [4.69, 9.17) is 12.6 Å². The van der Waals surface area contributed by atoms with Gasteiger partial charge in [0.15, 0.2) is 0 Å². The minimum absolute atomic E-state index is 0.299. The summed E-state index contributed by atoms with van der Waals surface area (Å²) < 4.78 is 0.299. The topological polar surface area (TPSA) is 0 Å². The Bertz CT molecular complexity index is 168. The zero-order valence-electron chi connectivity index (χ0n) is 9.02. The van der Waals surface area contributed by atoms with Crippen LogP contribution in [-0.4, -0.2) is 4.75 Å². The van der Waals surface area contributed by atoms with Crippen molar-refractivity contribution >= 4 is 12.6 Å². The van der Waals surface area contributed by atoms with E-state index in [0.717, 1.165) is 11.8 Å². The number of hydrogen-bond acceptors (Lipinski definition) is 1. The molecule has 0 radical (unpaired) electrons. The molecule has 0 aliphatic heterocycles. The van der Waals surface area contributed by atoms with Gasteiger partial charge in [-0.3, -0.25) is 0 Å². The highest BCUT2D eigenvalue weighted by molar-refractivity contribution is 7.81. The van der Waals surface area contributed by atoms with Crippen molar-refractivity contribution in [3.63, 3.8) is 0 Å². The molecule has 1 fully saturated rings. The maximum Gasteiger partial charge on any atom is 0.0135 e. The van der Waals surface area contributed by atoms with Crippen LogP contribution < -0.4 is 0 Å². The van der Waals surface area contributed by atoms with Crippen LogP contribution in [0.2, 0.25) is 0 Å². The molecular formula is C11H22S. The maximum atomic E-state index is 4.72. The molecule has 0 spiro atoms. The summed E-state index contributed by atoms with van der Waals surface area (Å²) in [5, 5.41) is 0. The van der Waals surface area contributed by atoms with Crippen LogP contribution >= 0.6 is 12.6 Å². The third-order valence-corrected chi connectivity index (χ3v) is 4.61. The van der Waals surface area contributed by atoms with Crippen molar-refractivity contribution in [2.45, 2.75) is 52.2 Å². The van der Waals surface area contributed by atoms with Gasteiger partial charge in [0.25, 0.3) is 0 Å². The van der Waals surface area contributed by atoms with Crippen molar-refractivity contribution in [3.05, 3.63) is 0 Å². The molecule has 1 aliphatic carbocycles. The van der Waals surface area contributed by atoms with Crippen LogP contribution in [0.1, 0.15) is 47.5 Å². The molecule has 0 nitrogen and oxygen atoms in total. The number of hydrogen-bond donors (Lipinski definition) is 1. The Labute approximate surface area is 82.5 Å². The third kappa shape index (κ3) is 1.53. The zero-order chi connectivity index (χ0) is 9.57. The van der Waals surface area contributed by atoms with E-state index in [1.165, 1.54) is 12.8 Å². The summed E-state index contributed by atoms with van der Waals surface area (Å²) in [4.78, 5) is 0. The van der Waals surface area contributed by atoms with Gasteiger partial charge in [0.2, 0.25) is 0 Å². The molecule has 1 aliphatic rings. The lowest BCUT2D eigenvalue weighted by Gasteiger charge is -2.54. The summed E-state index contributed by atoms with van der Waals surface area (Å²) in [5.41, 5.74) is 0.453. The molecule has 0 aromatic rings. The Morgan fingerprint density at radius 2 is 1.92 bits per heavy atom. The van der Waals surface area contributed by atoms with Gasteiger partial charge in [0.05, 0.1) is 0 Å². The fourth-order valence-corrected chi connectivity index (χ4v) is 2.87. The predicted octanol–water partition coefficient (Wildman–Crippen LogP) is 3.77. The Kier molecular flexibility index (Phi) is 2.55. The Balaban J connectivity index is 2.70. The standard InChI is InChI=1S/C11H22S/c1-8(2)10(3,4)9-6-7-11(9,5)12/h8-9,12H,6-7H2,1-5H3. The van der Waals surface area contributed by atoms with Crippen molar-refractivity contribution in [3.8, 4) is 0 Å². The second kappa shape index (κ2) is 2.94. The molecule has 1 heteroatoms. The van der Waals surface area contributed by atoms with Gasteiger partial charge in [-0.1, -0.05) is 34.6 Å². The van der Waals surface area contributed by atoms with Crippen LogP contribution in [-0.2, 0) is 0 Å². The Morgan fingerprint density at radius 3 is 2.00 bits per heavy atom. The van der Waals surface area contributed by atoms with E-state index >= 15 is 0 Å². The minimum atomic E-state index is 0.299. The summed E-state index contributed by atoms with van der Waals surface area (Å²) in [7, 11) is 0. The summed E-state index contributed by atoms with van der Waals surface area (Å²) >= 11 is 4.72. The van der Waals surface area contributed by atoms with E-state index in [9.17, 15) is 0 Å². The summed E-state index contributed by atoms with van der Waals surface area (Å²) in [6.07, 6.45) is 2.65. The highest BCUT2D eigenvalue weighted by Gasteiger charge is 2.48. The smallest absolute Gasteiger partial charge is 0.0135 e. The van der Waals surface area contributed by atoms with E-state index in [-0.39, 0.29) is 0 Å². The van der Waals surface area contributed by atoms with Crippen molar-refractivity contribution in [1.82, 2.24) is 0 Å². The fourth-order valence-electron chi connectivity index (χ4n) is 2.28. The van der Waals surface area contributed by atoms with E-state index in [0.29, 0.717) is 10.2 Å². The lowest BCUT2D eigenvalue weighted by atomic mass is 9.57. The number of rotatable bonds is 2. The molecule has 0 aromatic carbocycles. The summed E-state index contributed by atoms with van der Waals surface area (Å²) in [6.45, 7) is 11.7. The second-order valence-electron chi connectivity index (χ2n) is 5.42. The molecule has 0 saturated heterocycles. The second-order valence-corrected chi connectivity index (χ2v) is 6.45. The predicted molar refractivity (Wildman–Crippen MR) is 58.7 cm³/mol. The average molecular weight is 186 g/mol. The SMILES string of the molecule is CC(C)C(C)(C)C1CCC1(C)S.